The van der Waals surface area contributed by atoms with Gasteiger partial charge < -0.3 is 5.32 Å². The van der Waals surface area contributed by atoms with Crippen molar-refractivity contribution in [2.24, 2.45) is 10.1 Å². The van der Waals surface area contributed by atoms with E-state index in [0.717, 1.165) is 30.9 Å². The fourth-order valence-corrected chi connectivity index (χ4v) is 0.913. The molecule has 1 N–H and O–H groups in total. The van der Waals surface area contributed by atoms with Crippen molar-refractivity contribution < 1.29 is 0 Å². The Morgan fingerprint density at radius 1 is 1.36 bits per heavy atom. The molecule has 0 heterocycles. The zero-order valence-electron chi connectivity index (χ0n) is 9.96. The maximum Gasteiger partial charge on any atom is 0.122 e. The Hall–Kier alpha value is -1.06. The molecule has 0 unspecified atom stereocenters. The first-order valence-electron chi connectivity index (χ1n) is 5.02. The molecule has 0 aromatic rings. The largest absolute Gasteiger partial charge is 0.375 e. The van der Waals surface area contributed by atoms with Crippen LogP contribution in [0.4, 0.5) is 0 Å². The minimum atomic E-state index is 0.921. The van der Waals surface area contributed by atoms with E-state index in [1.165, 1.54) is 0 Å². The molecule has 0 saturated heterocycles. The van der Waals surface area contributed by atoms with Crippen molar-refractivity contribution >= 4 is 11.5 Å². The van der Waals surface area contributed by atoms with Crippen LogP contribution in [0.15, 0.2) is 10.1 Å². The van der Waals surface area contributed by atoms with E-state index < -0.39 is 0 Å². The van der Waals surface area contributed by atoms with Gasteiger partial charge in [-0.25, -0.2) is 0 Å². The van der Waals surface area contributed by atoms with E-state index in [-0.39, 0.29) is 0 Å². The van der Waals surface area contributed by atoms with Gasteiger partial charge in [0.25, 0.3) is 0 Å². The molecular formula is C10H22N4. The molecule has 0 aliphatic heterocycles. The fraction of sp³-hybridized carbons (Fsp3) is 0.800. The number of hydrogen-bond acceptors (Lipinski definition) is 3. The first-order chi connectivity index (χ1) is 6.63. The van der Waals surface area contributed by atoms with Crippen LogP contribution in [-0.4, -0.2) is 44.2 Å². The van der Waals surface area contributed by atoms with Gasteiger partial charge >= 0.3 is 0 Å². The van der Waals surface area contributed by atoms with Crippen molar-refractivity contribution in [2.45, 2.75) is 26.7 Å². The van der Waals surface area contributed by atoms with E-state index in [9.17, 15) is 0 Å². The Bertz CT molecular complexity index is 208. The predicted octanol–water partition coefficient (Wildman–Crippen LogP) is 1.34. The van der Waals surface area contributed by atoms with Crippen molar-refractivity contribution in [2.75, 3.05) is 27.7 Å². The van der Waals surface area contributed by atoms with Crippen molar-refractivity contribution in [1.29, 1.82) is 0 Å². The highest BCUT2D eigenvalue weighted by atomic mass is 15.4. The van der Waals surface area contributed by atoms with Crippen molar-refractivity contribution in [1.82, 2.24) is 10.3 Å². The fourth-order valence-electron chi connectivity index (χ4n) is 0.913. The molecule has 4 heteroatoms. The average Bonchev–Trinajstić information content (AvgIpc) is 2.22. The summed E-state index contributed by atoms with van der Waals surface area (Å²) in [7, 11) is 5.70. The monoisotopic (exact) mass is 198 g/mol. The molecule has 0 amide bonds. The summed E-state index contributed by atoms with van der Waals surface area (Å²) in [6.07, 6.45) is 1.89. The van der Waals surface area contributed by atoms with Crippen LogP contribution in [0.2, 0.25) is 0 Å². The highest BCUT2D eigenvalue weighted by molar-refractivity contribution is 5.89. The van der Waals surface area contributed by atoms with Crippen LogP contribution in [0.25, 0.3) is 0 Å². The first-order valence-corrected chi connectivity index (χ1v) is 5.02. The second-order valence-corrected chi connectivity index (χ2v) is 3.23. The van der Waals surface area contributed by atoms with Crippen LogP contribution in [-0.2, 0) is 0 Å². The van der Waals surface area contributed by atoms with Gasteiger partial charge in [0.05, 0.1) is 0 Å². The molecule has 0 saturated carbocycles. The number of aliphatic imine (C=N–C) groups is 1. The van der Waals surface area contributed by atoms with Crippen molar-refractivity contribution in [3.8, 4) is 0 Å². The summed E-state index contributed by atoms with van der Waals surface area (Å²) >= 11 is 0. The minimum absolute atomic E-state index is 0.921. The SMILES string of the molecule is CCN(C)/N=C(\CC/C(C)=N\C)NC. The quantitative estimate of drug-likeness (QED) is 0.411. The normalized spacial score (nSPS) is 12.9. The van der Waals surface area contributed by atoms with Crippen LogP contribution in [0.1, 0.15) is 26.7 Å². The van der Waals surface area contributed by atoms with E-state index in [1.807, 2.05) is 33.1 Å². The highest BCUT2D eigenvalue weighted by Crippen LogP contribution is 1.95. The van der Waals surface area contributed by atoms with E-state index in [2.05, 4.69) is 22.3 Å². The molecule has 0 fully saturated rings. The van der Waals surface area contributed by atoms with Crippen LogP contribution < -0.4 is 5.32 Å². The van der Waals surface area contributed by atoms with Gasteiger partial charge in [-0.15, -0.1) is 0 Å². The summed E-state index contributed by atoms with van der Waals surface area (Å²) in [6, 6.07) is 0. The molecule has 0 aromatic heterocycles. The lowest BCUT2D eigenvalue weighted by Gasteiger charge is -2.13. The molecule has 0 spiro atoms. The molecule has 0 aliphatic rings. The standard InChI is InChI=1S/C10H22N4/c1-6-14(5)13-10(12-4)8-7-9(2)11-3/h6-8H2,1-5H3,(H,12,13)/b11-9-. The molecule has 0 rings (SSSR count). The zero-order valence-corrected chi connectivity index (χ0v) is 9.96. The summed E-state index contributed by atoms with van der Waals surface area (Å²) in [5, 5.41) is 9.42. The summed E-state index contributed by atoms with van der Waals surface area (Å²) < 4.78 is 0. The van der Waals surface area contributed by atoms with Gasteiger partial charge in [0, 0.05) is 39.8 Å². The lowest BCUT2D eigenvalue weighted by Crippen LogP contribution is -2.24. The maximum absolute atomic E-state index is 4.40. The van der Waals surface area contributed by atoms with Crippen LogP contribution in [0.5, 0.6) is 0 Å². The number of amidine groups is 1. The van der Waals surface area contributed by atoms with E-state index in [4.69, 9.17) is 0 Å². The summed E-state index contributed by atoms with van der Waals surface area (Å²) in [4.78, 5) is 4.11. The summed E-state index contributed by atoms with van der Waals surface area (Å²) in [5.41, 5.74) is 1.16. The van der Waals surface area contributed by atoms with Gasteiger partial charge in [0.15, 0.2) is 0 Å². The van der Waals surface area contributed by atoms with Crippen LogP contribution >= 0.6 is 0 Å². The Morgan fingerprint density at radius 3 is 2.43 bits per heavy atom. The van der Waals surface area contributed by atoms with E-state index >= 15 is 0 Å². The van der Waals surface area contributed by atoms with Crippen molar-refractivity contribution in [3.63, 3.8) is 0 Å². The Balaban J connectivity index is 4.09. The second kappa shape index (κ2) is 7.35. The van der Waals surface area contributed by atoms with E-state index in [0.29, 0.717) is 0 Å². The molecule has 82 valence electrons. The third-order valence-corrected chi connectivity index (χ3v) is 2.14. The lowest BCUT2D eigenvalue weighted by molar-refractivity contribution is 0.372. The molecule has 14 heavy (non-hydrogen) atoms. The zero-order chi connectivity index (χ0) is 11.0. The Labute approximate surface area is 87.1 Å². The number of nitrogens with zero attached hydrogens (tertiary/aromatic N) is 3. The van der Waals surface area contributed by atoms with Crippen LogP contribution in [0.3, 0.4) is 0 Å². The molecule has 0 aromatic carbocycles. The third-order valence-electron chi connectivity index (χ3n) is 2.14. The Morgan fingerprint density at radius 2 is 2.00 bits per heavy atom. The molecule has 0 atom stereocenters. The molecule has 0 radical (unpaired) electrons. The highest BCUT2D eigenvalue weighted by Gasteiger charge is 1.99. The minimum Gasteiger partial charge on any atom is -0.375 e. The smallest absolute Gasteiger partial charge is 0.122 e. The van der Waals surface area contributed by atoms with Gasteiger partial charge in [-0.3, -0.25) is 10.0 Å². The van der Waals surface area contributed by atoms with Gasteiger partial charge in [-0.05, 0) is 20.3 Å². The summed E-state index contributed by atoms with van der Waals surface area (Å²) in [6.45, 7) is 5.04. The maximum atomic E-state index is 4.40. The van der Waals surface area contributed by atoms with Gasteiger partial charge in [0.1, 0.15) is 5.84 Å². The average molecular weight is 198 g/mol. The summed E-state index contributed by atoms with van der Waals surface area (Å²) in [5.74, 6) is 1.01. The van der Waals surface area contributed by atoms with Gasteiger partial charge in [-0.1, -0.05) is 0 Å². The molecule has 4 nitrogen and oxygen atoms in total. The third kappa shape index (κ3) is 5.56. The molecular weight excluding hydrogens is 176 g/mol. The van der Waals surface area contributed by atoms with Crippen molar-refractivity contribution in [3.05, 3.63) is 0 Å². The van der Waals surface area contributed by atoms with Crippen LogP contribution in [0, 0.1) is 0 Å². The van der Waals surface area contributed by atoms with E-state index in [1.54, 1.807) is 0 Å². The number of nitrogens with one attached hydrogen (secondary N) is 1. The lowest BCUT2D eigenvalue weighted by atomic mass is 10.2. The van der Waals surface area contributed by atoms with Gasteiger partial charge in [0.2, 0.25) is 0 Å². The number of hydrazone groups is 1. The number of rotatable bonds is 5. The molecule has 0 bridgehead atoms. The number of hydrogen-bond donors (Lipinski definition) is 1. The van der Waals surface area contributed by atoms with Gasteiger partial charge in [-0.2, -0.15) is 5.10 Å². The second-order valence-electron chi connectivity index (χ2n) is 3.23. The predicted molar refractivity (Wildman–Crippen MR) is 63.1 cm³/mol. The molecule has 0 aliphatic carbocycles. The Kier molecular flexibility index (Phi) is 6.80. The first kappa shape index (κ1) is 12.9. The topological polar surface area (TPSA) is 40.0 Å².